The number of halogens is 1. The molecular weight excluding hydrogens is 411 g/mol. The quantitative estimate of drug-likeness (QED) is 0.490. The van der Waals surface area contributed by atoms with Crippen molar-refractivity contribution in [3.05, 3.63) is 11.8 Å². The summed E-state index contributed by atoms with van der Waals surface area (Å²) in [5.74, 6) is 0.770. The number of ether oxygens (including phenoxy) is 1. The summed E-state index contributed by atoms with van der Waals surface area (Å²) in [7, 11) is 0. The molecule has 0 aromatic carbocycles. The van der Waals surface area contributed by atoms with E-state index >= 15 is 0 Å². The zero-order valence-corrected chi connectivity index (χ0v) is 15.4. The first-order valence-corrected chi connectivity index (χ1v) is 8.71. The maximum absolute atomic E-state index is 12.1. The molecule has 3 aliphatic rings. The molecule has 126 valence electrons. The van der Waals surface area contributed by atoms with Crippen molar-refractivity contribution >= 4 is 34.9 Å². The van der Waals surface area contributed by atoms with Crippen LogP contribution < -0.4 is 10.6 Å². The van der Waals surface area contributed by atoms with Crippen LogP contribution in [0.1, 0.15) is 26.7 Å². The van der Waals surface area contributed by atoms with Gasteiger partial charge in [0.1, 0.15) is 22.9 Å². The smallest absolute Gasteiger partial charge is 0.363 e. The normalized spacial score (nSPS) is 27.3. The highest BCUT2D eigenvalue weighted by atomic mass is 127. The fraction of sp³-hybridized carbons (Fsp3) is 0.714. The van der Waals surface area contributed by atoms with Crippen molar-refractivity contribution in [2.45, 2.75) is 44.3 Å². The van der Waals surface area contributed by atoms with Crippen molar-refractivity contribution in [2.75, 3.05) is 19.8 Å². The zero-order chi connectivity index (χ0) is 16.4. The van der Waals surface area contributed by atoms with E-state index in [1.807, 2.05) is 20.0 Å². The first kappa shape index (κ1) is 16.6. The molecule has 2 fully saturated rings. The number of nitrogens with one attached hydrogen (secondary N) is 2. The Kier molecular flexibility index (Phi) is 4.85. The van der Waals surface area contributed by atoms with Gasteiger partial charge in [0.15, 0.2) is 5.96 Å². The molecule has 23 heavy (non-hydrogen) atoms. The van der Waals surface area contributed by atoms with Crippen molar-refractivity contribution in [1.29, 1.82) is 0 Å². The lowest BCUT2D eigenvalue weighted by Gasteiger charge is -2.31. The van der Waals surface area contributed by atoms with Gasteiger partial charge in [-0.1, -0.05) is 5.11 Å². The predicted molar refractivity (Wildman–Crippen MR) is 94.5 cm³/mol. The molecule has 0 bridgehead atoms. The summed E-state index contributed by atoms with van der Waals surface area (Å²) in [4.78, 5) is 18.4. The number of hydrogen-bond donors (Lipinski definition) is 2. The summed E-state index contributed by atoms with van der Waals surface area (Å²) in [6, 6.07) is 0.114. The molecule has 0 aliphatic carbocycles. The van der Waals surface area contributed by atoms with E-state index in [4.69, 9.17) is 4.74 Å². The van der Waals surface area contributed by atoms with E-state index in [-0.39, 0.29) is 12.1 Å². The second-order valence-corrected chi connectivity index (χ2v) is 6.85. The summed E-state index contributed by atoms with van der Waals surface area (Å²) in [5, 5.41) is 10.5. The van der Waals surface area contributed by atoms with Crippen molar-refractivity contribution in [3.8, 4) is 0 Å². The number of guanidine groups is 1. The van der Waals surface area contributed by atoms with Crippen LogP contribution >= 0.6 is 22.9 Å². The number of aliphatic imine (C=N–C) groups is 1. The molecule has 2 N–H and O–H groups in total. The molecule has 3 heterocycles. The van der Waals surface area contributed by atoms with E-state index in [0.29, 0.717) is 12.6 Å². The second-order valence-electron chi connectivity index (χ2n) is 6.42. The standard InChI is InChI=1S/C14H21IN6O2/c1-14(2)10-7-16-12(17-9-3-5-23-6-4-9)18-11(10)8-21(14)13(22)19-20-15/h7,9,11H,3-6,8H2,1-2H3,(H2,16,17,18)/t11-/m1/s1. The van der Waals surface area contributed by atoms with Crippen LogP contribution in [-0.2, 0) is 4.74 Å². The molecule has 3 aliphatic heterocycles. The van der Waals surface area contributed by atoms with Gasteiger partial charge in [-0.3, -0.25) is 0 Å². The Morgan fingerprint density at radius 3 is 2.96 bits per heavy atom. The SMILES string of the molecule is CC1(C)C2=CN=C(NC3CCOCC3)N[C@@H]2CN1C(=O)N=NI. The number of hydrogen-bond acceptors (Lipinski definition) is 6. The number of carbonyl (C=O) groups is 1. The van der Waals surface area contributed by atoms with Crippen LogP contribution in [-0.4, -0.2) is 54.3 Å². The van der Waals surface area contributed by atoms with Crippen LogP contribution in [0.25, 0.3) is 0 Å². The van der Waals surface area contributed by atoms with E-state index in [1.54, 1.807) is 27.8 Å². The highest BCUT2D eigenvalue weighted by Crippen LogP contribution is 2.36. The molecule has 0 saturated carbocycles. The minimum Gasteiger partial charge on any atom is -0.381 e. The number of amides is 2. The second kappa shape index (κ2) is 6.71. The van der Waals surface area contributed by atoms with Crippen molar-refractivity contribution in [3.63, 3.8) is 0 Å². The summed E-state index contributed by atoms with van der Waals surface area (Å²) < 4.78 is 8.94. The average Bonchev–Trinajstić information content (AvgIpc) is 2.79. The van der Waals surface area contributed by atoms with Crippen molar-refractivity contribution < 1.29 is 9.53 Å². The topological polar surface area (TPSA) is 90.7 Å². The van der Waals surface area contributed by atoms with Crippen LogP contribution in [0.15, 0.2) is 25.2 Å². The van der Waals surface area contributed by atoms with E-state index < -0.39 is 5.54 Å². The third kappa shape index (κ3) is 3.35. The zero-order valence-electron chi connectivity index (χ0n) is 13.3. The summed E-state index contributed by atoms with van der Waals surface area (Å²) in [6.45, 7) is 6.14. The van der Waals surface area contributed by atoms with Gasteiger partial charge in [-0.05, 0) is 32.3 Å². The third-order valence-electron chi connectivity index (χ3n) is 4.68. The fourth-order valence-corrected chi connectivity index (χ4v) is 3.50. The van der Waals surface area contributed by atoms with Crippen LogP contribution in [0, 0.1) is 0 Å². The summed E-state index contributed by atoms with van der Waals surface area (Å²) >= 11 is 1.71. The Morgan fingerprint density at radius 1 is 1.52 bits per heavy atom. The minimum atomic E-state index is -0.423. The lowest BCUT2D eigenvalue weighted by Crippen LogP contribution is -2.51. The van der Waals surface area contributed by atoms with Gasteiger partial charge in [0.2, 0.25) is 0 Å². The van der Waals surface area contributed by atoms with Crippen LogP contribution in [0.3, 0.4) is 0 Å². The number of rotatable bonds is 1. The van der Waals surface area contributed by atoms with Crippen molar-refractivity contribution in [2.24, 2.45) is 13.4 Å². The fourth-order valence-electron chi connectivity index (χ4n) is 3.32. The summed E-state index contributed by atoms with van der Waals surface area (Å²) in [5.41, 5.74) is 0.667. The number of carbonyl (C=O) groups excluding carboxylic acids is 1. The van der Waals surface area contributed by atoms with Crippen molar-refractivity contribution in [1.82, 2.24) is 15.5 Å². The Hall–Kier alpha value is -1.23. The lowest BCUT2D eigenvalue weighted by molar-refractivity contribution is 0.0822. The molecular formula is C14H21IN6O2. The molecule has 0 radical (unpaired) electrons. The molecule has 0 aromatic rings. The minimum absolute atomic E-state index is 0.0539. The van der Waals surface area contributed by atoms with E-state index in [1.165, 1.54) is 0 Å². The molecule has 3 rings (SSSR count). The highest BCUT2D eigenvalue weighted by molar-refractivity contribution is 14.1. The monoisotopic (exact) mass is 432 g/mol. The van der Waals surface area contributed by atoms with Crippen LogP contribution in [0.4, 0.5) is 4.79 Å². The first-order chi connectivity index (χ1) is 11.0. The number of fused-ring (bicyclic) bond motifs is 1. The van der Waals surface area contributed by atoms with Gasteiger partial charge in [0.05, 0.1) is 11.6 Å². The predicted octanol–water partition coefficient (Wildman–Crippen LogP) is 1.98. The Balaban J connectivity index is 1.70. The number of nitrogens with zero attached hydrogens (tertiary/aromatic N) is 4. The van der Waals surface area contributed by atoms with E-state index in [2.05, 4.69) is 24.1 Å². The van der Waals surface area contributed by atoms with E-state index in [0.717, 1.165) is 37.6 Å². The molecule has 2 amide bonds. The molecule has 2 saturated heterocycles. The Bertz CT molecular complexity index is 568. The maximum Gasteiger partial charge on any atom is 0.363 e. The van der Waals surface area contributed by atoms with Gasteiger partial charge >= 0.3 is 6.03 Å². The highest BCUT2D eigenvalue weighted by Gasteiger charge is 2.47. The Labute approximate surface area is 149 Å². The van der Waals surface area contributed by atoms with Gasteiger partial charge in [-0.25, -0.2) is 9.79 Å². The third-order valence-corrected chi connectivity index (χ3v) is 4.90. The number of likely N-dealkylation sites (tertiary alicyclic amines) is 1. The van der Waals surface area contributed by atoms with Gasteiger partial charge in [-0.15, -0.1) is 3.33 Å². The van der Waals surface area contributed by atoms with Gasteiger partial charge in [0, 0.05) is 32.0 Å². The number of urea groups is 1. The Morgan fingerprint density at radius 2 is 2.26 bits per heavy atom. The first-order valence-electron chi connectivity index (χ1n) is 7.75. The molecule has 0 aromatic heterocycles. The van der Waals surface area contributed by atoms with Gasteiger partial charge in [0.25, 0.3) is 0 Å². The largest absolute Gasteiger partial charge is 0.381 e. The molecule has 1 atom stereocenters. The van der Waals surface area contributed by atoms with Crippen LogP contribution in [0.2, 0.25) is 0 Å². The molecule has 0 spiro atoms. The molecule has 0 unspecified atom stereocenters. The van der Waals surface area contributed by atoms with Crippen LogP contribution in [0.5, 0.6) is 0 Å². The maximum atomic E-state index is 12.1. The molecule has 9 heteroatoms. The average molecular weight is 432 g/mol. The summed E-state index contributed by atoms with van der Waals surface area (Å²) in [6.07, 6.45) is 3.83. The van der Waals surface area contributed by atoms with Gasteiger partial charge in [-0.2, -0.15) is 0 Å². The lowest BCUT2D eigenvalue weighted by atomic mass is 9.93. The van der Waals surface area contributed by atoms with Gasteiger partial charge < -0.3 is 20.3 Å². The molecule has 8 nitrogen and oxygen atoms in total. The van der Waals surface area contributed by atoms with E-state index in [9.17, 15) is 4.79 Å².